The van der Waals surface area contributed by atoms with Gasteiger partial charge in [0, 0.05) is 25.5 Å². The molecule has 1 atom stereocenters. The predicted octanol–water partition coefficient (Wildman–Crippen LogP) is 3.10. The number of pyridine rings is 1. The molecule has 0 aliphatic heterocycles. The number of hydrogen-bond acceptors (Lipinski definition) is 8. The summed E-state index contributed by atoms with van der Waals surface area (Å²) in [6.45, 7) is 2.25. The number of aliphatic hydroxyl groups is 1. The largest absolute Gasteiger partial charge is 0.387 e. The molecule has 11 nitrogen and oxygen atoms in total. The molecule has 0 spiro atoms. The van der Waals surface area contributed by atoms with Gasteiger partial charge in [-0.15, -0.1) is 0 Å². The zero-order chi connectivity index (χ0) is 27.7. The number of alkyl halides is 3. The molecule has 198 valence electrons. The third-order valence-corrected chi connectivity index (χ3v) is 5.47. The lowest BCUT2D eigenvalue weighted by molar-refractivity contribution is -0.00187. The Kier molecular flexibility index (Phi) is 7.05. The van der Waals surface area contributed by atoms with E-state index in [-0.39, 0.29) is 11.3 Å². The van der Waals surface area contributed by atoms with Crippen molar-refractivity contribution in [1.82, 2.24) is 34.7 Å². The van der Waals surface area contributed by atoms with Crippen LogP contribution in [-0.2, 0) is 6.54 Å². The summed E-state index contributed by atoms with van der Waals surface area (Å²) in [6, 6.07) is 3.51. The van der Waals surface area contributed by atoms with E-state index in [0.717, 1.165) is 11.6 Å². The standard InChI is InChI=1S/C24H24F3N9O2/c1-23(2,38)20(25)10-31-22(37)17-8-29-18(16-9-33-36-11-14(5-28)6-30-21(16)36)4-19(17)34-15-7-32-35(12-15)13-24(3,26)27/h4,6-9,11-12,20,38H,10,13H2,1-3H3,(H,29,34)(H,31,37). The minimum absolute atomic E-state index is 0.0291. The van der Waals surface area contributed by atoms with Gasteiger partial charge in [0.25, 0.3) is 11.8 Å². The van der Waals surface area contributed by atoms with Crippen LogP contribution in [-0.4, -0.2) is 64.6 Å². The fourth-order valence-electron chi connectivity index (χ4n) is 3.48. The number of fused-ring (bicyclic) bond motifs is 1. The smallest absolute Gasteiger partial charge is 0.264 e. The highest BCUT2D eigenvalue weighted by Gasteiger charge is 2.27. The van der Waals surface area contributed by atoms with Gasteiger partial charge < -0.3 is 15.7 Å². The highest BCUT2D eigenvalue weighted by molar-refractivity contribution is 6.00. The van der Waals surface area contributed by atoms with Crippen molar-refractivity contribution in [2.75, 3.05) is 11.9 Å². The summed E-state index contributed by atoms with van der Waals surface area (Å²) in [5, 5.41) is 32.4. The SMILES string of the molecule is CC(F)(F)Cn1cc(Nc2cc(-c3cnn4cc(C#N)cnc34)ncc2C(=O)NCC(F)C(C)(C)O)cn1. The van der Waals surface area contributed by atoms with E-state index in [4.69, 9.17) is 5.26 Å². The molecule has 0 radical (unpaired) electrons. The van der Waals surface area contributed by atoms with Crippen molar-refractivity contribution in [3.05, 3.63) is 54.4 Å². The van der Waals surface area contributed by atoms with E-state index in [9.17, 15) is 23.1 Å². The summed E-state index contributed by atoms with van der Waals surface area (Å²) in [7, 11) is 0. The molecule has 0 bridgehead atoms. The van der Waals surface area contributed by atoms with E-state index in [1.165, 1.54) is 61.6 Å². The van der Waals surface area contributed by atoms with Gasteiger partial charge in [0.05, 0.1) is 64.5 Å². The molecule has 0 aliphatic carbocycles. The van der Waals surface area contributed by atoms with Gasteiger partial charge in [0.1, 0.15) is 18.8 Å². The number of nitriles is 1. The lowest BCUT2D eigenvalue weighted by atomic mass is 10.0. The number of nitrogens with one attached hydrogen (secondary N) is 2. The van der Waals surface area contributed by atoms with Gasteiger partial charge in [-0.2, -0.15) is 15.5 Å². The van der Waals surface area contributed by atoms with E-state index in [1.54, 1.807) is 0 Å². The lowest BCUT2D eigenvalue weighted by Gasteiger charge is -2.22. The number of carbonyl (C=O) groups excluding carboxylic acids is 1. The van der Waals surface area contributed by atoms with Crippen LogP contribution in [0.3, 0.4) is 0 Å². The third-order valence-electron chi connectivity index (χ3n) is 5.47. The van der Waals surface area contributed by atoms with Gasteiger partial charge in [-0.1, -0.05) is 0 Å². The maximum Gasteiger partial charge on any atom is 0.264 e. The summed E-state index contributed by atoms with van der Waals surface area (Å²) >= 11 is 0. The van der Waals surface area contributed by atoms with Gasteiger partial charge in [0.15, 0.2) is 5.65 Å². The predicted molar refractivity (Wildman–Crippen MR) is 131 cm³/mol. The van der Waals surface area contributed by atoms with Gasteiger partial charge >= 0.3 is 0 Å². The van der Waals surface area contributed by atoms with Gasteiger partial charge in [-0.25, -0.2) is 22.7 Å². The minimum atomic E-state index is -2.98. The third kappa shape index (κ3) is 6.06. The first-order valence-corrected chi connectivity index (χ1v) is 11.4. The summed E-state index contributed by atoms with van der Waals surface area (Å²) < 4.78 is 43.5. The van der Waals surface area contributed by atoms with Crippen LogP contribution in [0.25, 0.3) is 16.9 Å². The molecule has 0 aromatic carbocycles. The molecule has 3 N–H and O–H groups in total. The molecule has 4 heterocycles. The van der Waals surface area contributed by atoms with Crippen LogP contribution in [0.5, 0.6) is 0 Å². The number of aromatic nitrogens is 6. The second kappa shape index (κ2) is 10.1. The Morgan fingerprint density at radius 2 is 1.92 bits per heavy atom. The van der Waals surface area contributed by atoms with Crippen LogP contribution in [0.15, 0.2) is 43.2 Å². The van der Waals surface area contributed by atoms with Crippen LogP contribution in [0, 0.1) is 11.3 Å². The zero-order valence-corrected chi connectivity index (χ0v) is 20.7. The number of hydrogen-bond donors (Lipinski definition) is 3. The zero-order valence-electron chi connectivity index (χ0n) is 20.7. The summed E-state index contributed by atoms with van der Waals surface area (Å²) in [6.07, 6.45) is 6.59. The van der Waals surface area contributed by atoms with Crippen LogP contribution in [0.2, 0.25) is 0 Å². The topological polar surface area (TPSA) is 146 Å². The van der Waals surface area contributed by atoms with E-state index in [0.29, 0.717) is 28.2 Å². The molecule has 1 unspecified atom stereocenters. The van der Waals surface area contributed by atoms with Crippen molar-refractivity contribution in [2.24, 2.45) is 0 Å². The van der Waals surface area contributed by atoms with Crippen LogP contribution < -0.4 is 10.6 Å². The van der Waals surface area contributed by atoms with Crippen molar-refractivity contribution in [1.29, 1.82) is 5.26 Å². The van der Waals surface area contributed by atoms with Crippen LogP contribution >= 0.6 is 0 Å². The van der Waals surface area contributed by atoms with E-state index in [2.05, 4.69) is 30.8 Å². The van der Waals surface area contributed by atoms with Crippen molar-refractivity contribution < 1.29 is 23.1 Å². The number of halogens is 3. The molecule has 14 heteroatoms. The van der Waals surface area contributed by atoms with Crippen molar-refractivity contribution in [3.63, 3.8) is 0 Å². The van der Waals surface area contributed by atoms with Crippen molar-refractivity contribution in [3.8, 4) is 17.3 Å². The molecule has 0 saturated carbocycles. The molecule has 0 saturated heterocycles. The average Bonchev–Trinajstić information content (AvgIpc) is 3.46. The van der Waals surface area contributed by atoms with Gasteiger partial charge in [0.2, 0.25) is 0 Å². The number of nitrogens with zero attached hydrogens (tertiary/aromatic N) is 7. The van der Waals surface area contributed by atoms with Crippen molar-refractivity contribution in [2.45, 2.75) is 45.0 Å². The van der Waals surface area contributed by atoms with Crippen LogP contribution in [0.4, 0.5) is 24.5 Å². The van der Waals surface area contributed by atoms with E-state index in [1.807, 2.05) is 6.07 Å². The highest BCUT2D eigenvalue weighted by atomic mass is 19.3. The first-order chi connectivity index (χ1) is 17.8. The van der Waals surface area contributed by atoms with E-state index >= 15 is 0 Å². The molecule has 1 amide bonds. The molecule has 4 rings (SSSR count). The number of amides is 1. The average molecular weight is 528 g/mol. The Morgan fingerprint density at radius 3 is 2.61 bits per heavy atom. The molecule has 0 aliphatic rings. The lowest BCUT2D eigenvalue weighted by Crippen LogP contribution is -2.42. The maximum absolute atomic E-state index is 14.2. The quantitative estimate of drug-likeness (QED) is 0.301. The molecule has 38 heavy (non-hydrogen) atoms. The Morgan fingerprint density at radius 1 is 1.16 bits per heavy atom. The molecule has 4 aromatic heterocycles. The normalized spacial score (nSPS) is 12.8. The van der Waals surface area contributed by atoms with Crippen LogP contribution in [0.1, 0.15) is 36.7 Å². The maximum atomic E-state index is 14.2. The Balaban J connectivity index is 1.69. The molecule has 4 aromatic rings. The first-order valence-electron chi connectivity index (χ1n) is 11.4. The summed E-state index contributed by atoms with van der Waals surface area (Å²) in [4.78, 5) is 21.5. The van der Waals surface area contributed by atoms with Gasteiger partial charge in [-0.05, 0) is 19.9 Å². The molecule has 0 fully saturated rings. The second-order valence-electron chi connectivity index (χ2n) is 9.35. The molecular weight excluding hydrogens is 503 g/mol. The summed E-state index contributed by atoms with van der Waals surface area (Å²) in [5.74, 6) is -3.66. The van der Waals surface area contributed by atoms with E-state index < -0.39 is 36.7 Å². The Hall–Kier alpha value is -4.51. The highest BCUT2D eigenvalue weighted by Crippen LogP contribution is 2.28. The Bertz CT molecular complexity index is 1510. The fourth-order valence-corrected chi connectivity index (χ4v) is 3.48. The first kappa shape index (κ1) is 26.6. The van der Waals surface area contributed by atoms with Gasteiger partial charge in [-0.3, -0.25) is 14.5 Å². The monoisotopic (exact) mass is 527 g/mol. The second-order valence-corrected chi connectivity index (χ2v) is 9.35. The fraction of sp³-hybridized carbons (Fsp3) is 0.333. The van der Waals surface area contributed by atoms with Crippen molar-refractivity contribution >= 4 is 22.9 Å². The minimum Gasteiger partial charge on any atom is -0.387 e. The molecular formula is C24H24F3N9O2. The summed E-state index contributed by atoms with van der Waals surface area (Å²) in [5.41, 5.74) is 0.485. The Labute approximate surface area is 214 Å². The number of rotatable bonds is 9. The number of carbonyl (C=O) groups is 1. The number of anilines is 2.